The molecule has 2 aliphatic rings. The van der Waals surface area contributed by atoms with Crippen LogP contribution >= 0.6 is 23.5 Å². The summed E-state index contributed by atoms with van der Waals surface area (Å²) >= 11 is 3.11. The Morgan fingerprint density at radius 3 is 2.85 bits per heavy atom. The molecule has 2 aliphatic heterocycles. The van der Waals surface area contributed by atoms with Crippen LogP contribution in [0, 0.1) is 5.92 Å². The highest BCUT2D eigenvalue weighted by Gasteiger charge is 2.34. The first-order valence-corrected chi connectivity index (χ1v) is 12.6. The normalized spacial score (nSPS) is 21.3. The fraction of sp³-hybridized carbons (Fsp3) is 0.556. The Kier molecular flexibility index (Phi) is 6.35. The predicted molar refractivity (Wildman–Crippen MR) is 111 cm³/mol. The summed E-state index contributed by atoms with van der Waals surface area (Å²) in [6, 6.07) is 7.86. The van der Waals surface area contributed by atoms with Gasteiger partial charge in [0.2, 0.25) is 5.91 Å². The molecule has 1 aromatic carbocycles. The van der Waals surface area contributed by atoms with Crippen LogP contribution in [0.3, 0.4) is 0 Å². The number of fused-ring (bicyclic) bond motifs is 1. The standard InChI is InChI=1S/C18H24N2O3S3/c1-13(2)9-20(15-7-8-26(22,23)12-15)17(21)11-25-18-19-16-6-4-3-5-14(16)10-24-18/h3-6,13,15H,7-12H2,1-2H3/t15-/m0/s1. The molecular formula is C18H24N2O3S3. The fourth-order valence-corrected chi connectivity index (χ4v) is 6.84. The number of amides is 1. The third-order valence-corrected chi connectivity index (χ3v) is 8.39. The zero-order chi connectivity index (χ0) is 18.7. The molecule has 8 heteroatoms. The minimum absolute atomic E-state index is 0.00737. The van der Waals surface area contributed by atoms with Crippen molar-refractivity contribution in [3.05, 3.63) is 29.8 Å². The molecule has 0 bridgehead atoms. The third kappa shape index (κ3) is 5.04. The first kappa shape index (κ1) is 19.8. The summed E-state index contributed by atoms with van der Waals surface area (Å²) in [5.41, 5.74) is 2.19. The number of thioether (sulfide) groups is 2. The van der Waals surface area contributed by atoms with Crippen LogP contribution in [0.4, 0.5) is 5.69 Å². The number of hydrogen-bond donors (Lipinski definition) is 0. The summed E-state index contributed by atoms with van der Waals surface area (Å²) in [5, 5.41) is 0. The SMILES string of the molecule is CC(C)CN(C(=O)CSC1=Nc2ccccc2CS1)[C@H]1CCS(=O)(=O)C1. The van der Waals surface area contributed by atoms with E-state index in [2.05, 4.69) is 24.9 Å². The third-order valence-electron chi connectivity index (χ3n) is 4.40. The van der Waals surface area contributed by atoms with E-state index in [1.54, 1.807) is 16.7 Å². The molecule has 0 spiro atoms. The summed E-state index contributed by atoms with van der Waals surface area (Å²) in [7, 11) is -3.01. The monoisotopic (exact) mass is 412 g/mol. The lowest BCUT2D eigenvalue weighted by Crippen LogP contribution is -2.44. The average Bonchev–Trinajstić information content (AvgIpc) is 2.97. The summed E-state index contributed by atoms with van der Waals surface area (Å²) in [4.78, 5) is 19.2. The number of benzene rings is 1. The molecule has 3 rings (SSSR count). The van der Waals surface area contributed by atoms with Gasteiger partial charge in [0.05, 0.1) is 22.9 Å². The van der Waals surface area contributed by atoms with Crippen molar-refractivity contribution in [3.8, 4) is 0 Å². The highest BCUT2D eigenvalue weighted by Crippen LogP contribution is 2.34. The van der Waals surface area contributed by atoms with Gasteiger partial charge in [0.15, 0.2) is 9.84 Å². The van der Waals surface area contributed by atoms with Gasteiger partial charge in [-0.05, 0) is 24.0 Å². The quantitative estimate of drug-likeness (QED) is 0.742. The van der Waals surface area contributed by atoms with E-state index in [0.29, 0.717) is 24.6 Å². The predicted octanol–water partition coefficient (Wildman–Crippen LogP) is 3.33. The Balaban J connectivity index is 1.64. The second-order valence-corrected chi connectivity index (χ2v) is 11.5. The smallest absolute Gasteiger partial charge is 0.233 e. The van der Waals surface area contributed by atoms with Crippen LogP contribution in [0.5, 0.6) is 0 Å². The first-order chi connectivity index (χ1) is 12.3. The molecule has 0 saturated carbocycles. The van der Waals surface area contributed by atoms with Crippen molar-refractivity contribution in [2.75, 3.05) is 23.8 Å². The molecule has 142 valence electrons. The van der Waals surface area contributed by atoms with Crippen LogP contribution in [0.1, 0.15) is 25.8 Å². The number of hydrogen-bond acceptors (Lipinski definition) is 6. The second-order valence-electron chi connectivity index (χ2n) is 7.08. The highest BCUT2D eigenvalue weighted by molar-refractivity contribution is 8.38. The molecule has 0 radical (unpaired) electrons. The van der Waals surface area contributed by atoms with Crippen LogP contribution in [0.25, 0.3) is 0 Å². The van der Waals surface area contributed by atoms with E-state index in [0.717, 1.165) is 15.8 Å². The van der Waals surface area contributed by atoms with Crippen molar-refractivity contribution < 1.29 is 13.2 Å². The summed E-state index contributed by atoms with van der Waals surface area (Å²) in [6.07, 6.45) is 0.550. The Morgan fingerprint density at radius 2 is 2.15 bits per heavy atom. The Hall–Kier alpha value is -0.990. The van der Waals surface area contributed by atoms with E-state index in [1.165, 1.54) is 17.3 Å². The van der Waals surface area contributed by atoms with Gasteiger partial charge in [-0.3, -0.25) is 4.79 Å². The van der Waals surface area contributed by atoms with Crippen molar-refractivity contribution in [1.82, 2.24) is 4.90 Å². The molecule has 5 nitrogen and oxygen atoms in total. The van der Waals surface area contributed by atoms with Crippen molar-refractivity contribution in [2.24, 2.45) is 10.9 Å². The van der Waals surface area contributed by atoms with Crippen LogP contribution in [-0.2, 0) is 20.4 Å². The number of aliphatic imine (C=N–C) groups is 1. The number of sulfone groups is 1. The lowest BCUT2D eigenvalue weighted by Gasteiger charge is -2.30. The van der Waals surface area contributed by atoms with E-state index in [9.17, 15) is 13.2 Å². The van der Waals surface area contributed by atoms with Gasteiger partial charge in [-0.25, -0.2) is 13.4 Å². The number of nitrogens with zero attached hydrogens (tertiary/aromatic N) is 2. The van der Waals surface area contributed by atoms with Gasteiger partial charge in [-0.2, -0.15) is 0 Å². The van der Waals surface area contributed by atoms with Crippen molar-refractivity contribution in [2.45, 2.75) is 32.1 Å². The van der Waals surface area contributed by atoms with E-state index >= 15 is 0 Å². The molecule has 1 fully saturated rings. The number of carbonyl (C=O) groups is 1. The zero-order valence-corrected chi connectivity index (χ0v) is 17.5. The van der Waals surface area contributed by atoms with Gasteiger partial charge < -0.3 is 4.90 Å². The molecule has 1 aromatic rings. The largest absolute Gasteiger partial charge is 0.338 e. The van der Waals surface area contributed by atoms with Crippen molar-refractivity contribution in [1.29, 1.82) is 0 Å². The molecule has 0 aliphatic carbocycles. The number of rotatable bonds is 5. The van der Waals surface area contributed by atoms with Crippen LogP contribution in [0.2, 0.25) is 0 Å². The molecule has 1 saturated heterocycles. The van der Waals surface area contributed by atoms with Gasteiger partial charge in [0.1, 0.15) is 4.38 Å². The minimum Gasteiger partial charge on any atom is -0.338 e. The van der Waals surface area contributed by atoms with Gasteiger partial charge in [0, 0.05) is 18.3 Å². The molecule has 26 heavy (non-hydrogen) atoms. The van der Waals surface area contributed by atoms with Gasteiger partial charge in [-0.15, -0.1) is 0 Å². The van der Waals surface area contributed by atoms with Gasteiger partial charge >= 0.3 is 0 Å². The minimum atomic E-state index is -3.01. The van der Waals surface area contributed by atoms with Crippen molar-refractivity contribution in [3.63, 3.8) is 0 Å². The lowest BCUT2D eigenvalue weighted by atomic mass is 10.1. The Bertz CT molecular complexity index is 806. The van der Waals surface area contributed by atoms with Crippen molar-refractivity contribution >= 4 is 49.3 Å². The Labute approximate surface area is 163 Å². The Morgan fingerprint density at radius 1 is 1.38 bits per heavy atom. The van der Waals surface area contributed by atoms with Gasteiger partial charge in [-0.1, -0.05) is 55.6 Å². The second kappa shape index (κ2) is 8.35. The molecule has 1 amide bonds. The maximum Gasteiger partial charge on any atom is 0.233 e. The van der Waals surface area contributed by atoms with E-state index < -0.39 is 9.84 Å². The first-order valence-electron chi connectivity index (χ1n) is 8.76. The van der Waals surface area contributed by atoms with E-state index in [-0.39, 0.29) is 23.5 Å². The molecule has 0 unspecified atom stereocenters. The summed E-state index contributed by atoms with van der Waals surface area (Å²) in [5.74, 6) is 1.77. The topological polar surface area (TPSA) is 66.8 Å². The molecule has 1 atom stereocenters. The van der Waals surface area contributed by atoms with E-state index in [4.69, 9.17) is 0 Å². The van der Waals surface area contributed by atoms with Crippen LogP contribution < -0.4 is 0 Å². The maximum absolute atomic E-state index is 12.8. The zero-order valence-electron chi connectivity index (χ0n) is 15.1. The highest BCUT2D eigenvalue weighted by atomic mass is 32.2. The number of carbonyl (C=O) groups excluding carboxylic acids is 1. The fourth-order valence-electron chi connectivity index (χ4n) is 3.16. The van der Waals surface area contributed by atoms with Gasteiger partial charge in [0.25, 0.3) is 0 Å². The maximum atomic E-state index is 12.8. The summed E-state index contributed by atoms with van der Waals surface area (Å²) in [6.45, 7) is 4.70. The average molecular weight is 413 g/mol. The van der Waals surface area contributed by atoms with Crippen LogP contribution in [0.15, 0.2) is 29.3 Å². The number of para-hydroxylation sites is 1. The summed E-state index contributed by atoms with van der Waals surface area (Å²) < 4.78 is 24.5. The van der Waals surface area contributed by atoms with E-state index in [1.807, 2.05) is 18.2 Å². The molecule has 0 N–H and O–H groups in total. The van der Waals surface area contributed by atoms with Crippen LogP contribution in [-0.4, -0.2) is 53.4 Å². The lowest BCUT2D eigenvalue weighted by molar-refractivity contribution is -0.130. The molecular weight excluding hydrogens is 388 g/mol. The molecule has 0 aromatic heterocycles. The molecule has 2 heterocycles.